The molecule has 1 nitrogen and oxygen atoms in total. The second-order valence-corrected chi connectivity index (χ2v) is 5.60. The fourth-order valence-electron chi connectivity index (χ4n) is 2.01. The molecule has 0 aromatic carbocycles. The van der Waals surface area contributed by atoms with E-state index in [1.165, 1.54) is 17.6 Å². The molecule has 0 saturated carbocycles. The molecule has 19 heavy (non-hydrogen) atoms. The highest BCUT2D eigenvalue weighted by atomic mass is 16.1. The van der Waals surface area contributed by atoms with Crippen LogP contribution in [0.1, 0.15) is 66.2 Å². The fourth-order valence-corrected chi connectivity index (χ4v) is 2.01. The van der Waals surface area contributed by atoms with Crippen molar-refractivity contribution in [2.24, 2.45) is 5.92 Å². The molecule has 0 aliphatic rings. The molecule has 108 valence electrons. The number of allylic oxidation sites excluding steroid dienone is 5. The Hall–Kier alpha value is -1.11. The molecule has 0 N–H and O–H groups in total. The van der Waals surface area contributed by atoms with E-state index in [2.05, 4.69) is 39.5 Å². The average molecular weight is 262 g/mol. The first kappa shape index (κ1) is 17.9. The average Bonchev–Trinajstić information content (AvgIpc) is 2.32. The minimum absolute atomic E-state index is 0.143. The molecule has 0 fully saturated rings. The number of hydrogen-bond donors (Lipinski definition) is 0. The summed E-state index contributed by atoms with van der Waals surface area (Å²) in [5.74, 6) is 0.680. The Morgan fingerprint density at radius 1 is 1.21 bits per heavy atom. The first-order valence-corrected chi connectivity index (χ1v) is 7.44. The molecular formula is C18H30O. The summed E-state index contributed by atoms with van der Waals surface area (Å²) < 4.78 is 0. The molecule has 0 aromatic heterocycles. The van der Waals surface area contributed by atoms with Crippen LogP contribution in [0, 0.1) is 5.92 Å². The molecule has 0 aromatic rings. The lowest BCUT2D eigenvalue weighted by atomic mass is 9.96. The van der Waals surface area contributed by atoms with Gasteiger partial charge in [-0.2, -0.15) is 0 Å². The largest absolute Gasteiger partial charge is 0.295 e. The zero-order chi connectivity index (χ0) is 14.7. The molecule has 1 heteroatoms. The molecule has 0 amide bonds. The van der Waals surface area contributed by atoms with E-state index in [4.69, 9.17) is 0 Å². The summed E-state index contributed by atoms with van der Waals surface area (Å²) >= 11 is 0. The lowest BCUT2D eigenvalue weighted by Gasteiger charge is -2.10. The van der Waals surface area contributed by atoms with Crippen LogP contribution >= 0.6 is 0 Å². The maximum absolute atomic E-state index is 10.9. The zero-order valence-electron chi connectivity index (χ0n) is 13.2. The smallest absolute Gasteiger partial charge is 0.152 e. The number of ketones is 1. The van der Waals surface area contributed by atoms with Gasteiger partial charge in [0.25, 0.3) is 0 Å². The molecule has 0 saturated heterocycles. The minimum Gasteiger partial charge on any atom is -0.295 e. The van der Waals surface area contributed by atoms with Crippen molar-refractivity contribution in [3.8, 4) is 0 Å². The van der Waals surface area contributed by atoms with Gasteiger partial charge in [0, 0.05) is 0 Å². The van der Waals surface area contributed by atoms with Gasteiger partial charge in [0.1, 0.15) is 0 Å². The molecular weight excluding hydrogens is 232 g/mol. The van der Waals surface area contributed by atoms with Gasteiger partial charge in [-0.3, -0.25) is 4.79 Å². The molecule has 1 unspecified atom stereocenters. The van der Waals surface area contributed by atoms with Gasteiger partial charge < -0.3 is 0 Å². The van der Waals surface area contributed by atoms with Crippen LogP contribution in [0.5, 0.6) is 0 Å². The minimum atomic E-state index is 0.143. The van der Waals surface area contributed by atoms with Crippen molar-refractivity contribution < 1.29 is 4.79 Å². The van der Waals surface area contributed by atoms with Gasteiger partial charge in [-0.05, 0) is 71.3 Å². The lowest BCUT2D eigenvalue weighted by Crippen LogP contribution is -1.96. The van der Waals surface area contributed by atoms with Crippen LogP contribution in [0.4, 0.5) is 0 Å². The van der Waals surface area contributed by atoms with E-state index in [9.17, 15) is 4.79 Å². The summed E-state index contributed by atoms with van der Waals surface area (Å²) in [7, 11) is 0. The van der Waals surface area contributed by atoms with Gasteiger partial charge in [-0.25, -0.2) is 0 Å². The summed E-state index contributed by atoms with van der Waals surface area (Å²) in [5, 5.41) is 0. The van der Waals surface area contributed by atoms with Crippen LogP contribution in [0.3, 0.4) is 0 Å². The molecule has 1 atom stereocenters. The standard InChI is InChI=1S/C18H30O/c1-6-18(14-13-17(5)19)12-8-11-16(4)10-7-9-15(2)3/h9,13-14,18H,4,6-8,10-12H2,1-3,5H3/b14-13+. The van der Waals surface area contributed by atoms with Gasteiger partial charge in [-0.1, -0.05) is 36.8 Å². The number of carbonyl (C=O) groups excluding carboxylic acids is 1. The van der Waals surface area contributed by atoms with Gasteiger partial charge >= 0.3 is 0 Å². The Bertz CT molecular complexity index is 330. The molecule has 0 aliphatic heterocycles. The maximum atomic E-state index is 10.9. The second-order valence-electron chi connectivity index (χ2n) is 5.60. The Kier molecular flexibility index (Phi) is 10.1. The summed E-state index contributed by atoms with van der Waals surface area (Å²) in [5.41, 5.74) is 2.73. The summed E-state index contributed by atoms with van der Waals surface area (Å²) in [6.07, 6.45) is 12.8. The normalized spacial score (nSPS) is 12.4. The van der Waals surface area contributed by atoms with Crippen molar-refractivity contribution in [1.82, 2.24) is 0 Å². The first-order valence-electron chi connectivity index (χ1n) is 7.44. The van der Waals surface area contributed by atoms with Gasteiger partial charge in [0.2, 0.25) is 0 Å². The Balaban J connectivity index is 3.84. The van der Waals surface area contributed by atoms with E-state index in [-0.39, 0.29) is 5.78 Å². The third-order valence-electron chi connectivity index (χ3n) is 3.28. The molecule has 0 rings (SSSR count). The molecule has 0 spiro atoms. The highest BCUT2D eigenvalue weighted by Crippen LogP contribution is 2.18. The molecule has 0 heterocycles. The van der Waals surface area contributed by atoms with Gasteiger partial charge in [0.15, 0.2) is 5.78 Å². The molecule has 0 aliphatic carbocycles. The quantitative estimate of drug-likeness (QED) is 0.368. The van der Waals surface area contributed by atoms with Crippen molar-refractivity contribution in [2.45, 2.75) is 66.2 Å². The SMILES string of the molecule is C=C(CCC=C(C)C)CCCC(/C=C/C(C)=O)CC. The monoisotopic (exact) mass is 262 g/mol. The number of hydrogen-bond acceptors (Lipinski definition) is 1. The van der Waals surface area contributed by atoms with Crippen LogP contribution in [0.25, 0.3) is 0 Å². The van der Waals surface area contributed by atoms with E-state index in [0.29, 0.717) is 5.92 Å². The van der Waals surface area contributed by atoms with Crippen LogP contribution in [0.2, 0.25) is 0 Å². The lowest BCUT2D eigenvalue weighted by molar-refractivity contribution is -0.112. The first-order chi connectivity index (χ1) is 8.95. The number of carbonyl (C=O) groups is 1. The predicted octanol–water partition coefficient (Wildman–Crippen LogP) is 5.63. The number of rotatable bonds is 10. The van der Waals surface area contributed by atoms with Gasteiger partial charge in [-0.15, -0.1) is 0 Å². The van der Waals surface area contributed by atoms with E-state index < -0.39 is 0 Å². The van der Waals surface area contributed by atoms with Crippen molar-refractivity contribution >= 4 is 5.78 Å². The van der Waals surface area contributed by atoms with Crippen molar-refractivity contribution in [3.63, 3.8) is 0 Å². The van der Waals surface area contributed by atoms with Crippen molar-refractivity contribution in [3.05, 3.63) is 36.0 Å². The third kappa shape index (κ3) is 11.7. The van der Waals surface area contributed by atoms with Crippen LogP contribution in [-0.2, 0) is 4.79 Å². The predicted molar refractivity (Wildman–Crippen MR) is 85.3 cm³/mol. The summed E-state index contributed by atoms with van der Waals surface area (Å²) in [4.78, 5) is 10.9. The Morgan fingerprint density at radius 3 is 2.42 bits per heavy atom. The van der Waals surface area contributed by atoms with E-state index >= 15 is 0 Å². The summed E-state index contributed by atoms with van der Waals surface area (Å²) in [6.45, 7) is 12.2. The Morgan fingerprint density at radius 2 is 1.89 bits per heavy atom. The van der Waals surface area contributed by atoms with Gasteiger partial charge in [0.05, 0.1) is 0 Å². The van der Waals surface area contributed by atoms with E-state index in [0.717, 1.165) is 32.1 Å². The Labute approximate surface area is 119 Å². The molecule has 0 radical (unpaired) electrons. The van der Waals surface area contributed by atoms with Crippen molar-refractivity contribution in [2.75, 3.05) is 0 Å². The zero-order valence-corrected chi connectivity index (χ0v) is 13.2. The highest BCUT2D eigenvalue weighted by Gasteiger charge is 2.03. The van der Waals surface area contributed by atoms with Crippen LogP contribution < -0.4 is 0 Å². The highest BCUT2D eigenvalue weighted by molar-refractivity contribution is 5.87. The second kappa shape index (κ2) is 10.8. The maximum Gasteiger partial charge on any atom is 0.152 e. The van der Waals surface area contributed by atoms with Crippen LogP contribution in [0.15, 0.2) is 36.0 Å². The topological polar surface area (TPSA) is 17.1 Å². The summed E-state index contributed by atoms with van der Waals surface area (Å²) in [6, 6.07) is 0. The van der Waals surface area contributed by atoms with Crippen molar-refractivity contribution in [1.29, 1.82) is 0 Å². The van der Waals surface area contributed by atoms with E-state index in [1.807, 2.05) is 0 Å². The molecule has 0 bridgehead atoms. The fraction of sp³-hybridized carbons (Fsp3) is 0.611. The van der Waals surface area contributed by atoms with Crippen LogP contribution in [-0.4, -0.2) is 5.78 Å². The van der Waals surface area contributed by atoms with E-state index in [1.54, 1.807) is 13.0 Å². The third-order valence-corrected chi connectivity index (χ3v) is 3.28.